The fourth-order valence-electron chi connectivity index (χ4n) is 1.91. The van der Waals surface area contributed by atoms with Gasteiger partial charge in [0.2, 0.25) is 0 Å². The molecule has 1 unspecified atom stereocenters. The van der Waals surface area contributed by atoms with Crippen molar-refractivity contribution in [2.75, 3.05) is 12.9 Å². The monoisotopic (exact) mass is 293 g/mol. The molecule has 1 aliphatic rings. The van der Waals surface area contributed by atoms with Crippen molar-refractivity contribution in [1.82, 2.24) is 0 Å². The molecular weight excluding hydrogens is 278 g/mol. The molecule has 0 saturated carbocycles. The number of fused-ring (bicyclic) bond motifs is 1. The van der Waals surface area contributed by atoms with Crippen LogP contribution >= 0.6 is 0 Å². The smallest absolute Gasteiger partial charge is 0.276 e. The summed E-state index contributed by atoms with van der Waals surface area (Å²) in [4.78, 5) is 16.0. The molecule has 0 aliphatic carbocycles. The van der Waals surface area contributed by atoms with Gasteiger partial charge in [-0.1, -0.05) is 12.1 Å². The number of amides is 1. The lowest BCUT2D eigenvalue weighted by Crippen LogP contribution is -2.24. The number of hydrogen-bond donors (Lipinski definition) is 2. The molecule has 0 aromatic heterocycles. The Kier molecular flexibility index (Phi) is 4.19. The highest BCUT2D eigenvalue weighted by Gasteiger charge is 2.18. The highest BCUT2D eigenvalue weighted by molar-refractivity contribution is 7.84. The zero-order chi connectivity index (χ0) is 14.7. The van der Waals surface area contributed by atoms with Gasteiger partial charge in [-0.2, -0.15) is 4.99 Å². The van der Waals surface area contributed by atoms with Gasteiger partial charge in [-0.25, -0.2) is 0 Å². The molecule has 1 atom stereocenters. The number of carbonyl (C=O) groups is 1. The minimum Gasteiger partial charge on any atom is -0.491 e. The van der Waals surface area contributed by atoms with Crippen LogP contribution in [0.5, 0.6) is 5.75 Å². The van der Waals surface area contributed by atoms with E-state index in [-0.39, 0.29) is 5.96 Å². The normalized spacial score (nSPS) is 15.2. The van der Waals surface area contributed by atoms with Crippen LogP contribution in [0, 0.1) is 0 Å². The van der Waals surface area contributed by atoms with Crippen LogP contribution in [0.1, 0.15) is 12.0 Å². The molecule has 1 amide bonds. The van der Waals surface area contributed by atoms with Crippen LogP contribution in [-0.2, 0) is 15.6 Å². The second kappa shape index (κ2) is 5.87. The maximum Gasteiger partial charge on any atom is 0.276 e. The average Bonchev–Trinajstić information content (AvgIpc) is 2.59. The minimum atomic E-state index is -1.16. The summed E-state index contributed by atoms with van der Waals surface area (Å²) in [7, 11) is -1.16. The molecule has 20 heavy (non-hydrogen) atoms. The molecule has 6 nitrogen and oxygen atoms in total. The third kappa shape index (κ3) is 3.05. The van der Waals surface area contributed by atoms with Crippen LogP contribution in [0.25, 0.3) is 6.08 Å². The molecule has 1 aliphatic heterocycles. The number of rotatable bonds is 2. The highest BCUT2D eigenvalue weighted by Crippen LogP contribution is 2.31. The van der Waals surface area contributed by atoms with Crippen molar-refractivity contribution in [3.63, 3.8) is 0 Å². The Labute approximate surface area is 119 Å². The molecule has 7 heteroatoms. The Bertz CT molecular complexity index is 634. The number of nitrogens with zero attached hydrogens (tertiary/aromatic N) is 1. The number of nitrogens with two attached hydrogens (primary N) is 2. The molecule has 0 bridgehead atoms. The molecule has 4 N–H and O–H groups in total. The van der Waals surface area contributed by atoms with Gasteiger partial charge in [0.15, 0.2) is 5.96 Å². The Hall–Kier alpha value is -2.15. The third-order valence-electron chi connectivity index (χ3n) is 2.77. The number of aliphatic imine (C=N–C) groups is 1. The van der Waals surface area contributed by atoms with Crippen LogP contribution < -0.4 is 16.2 Å². The van der Waals surface area contributed by atoms with Crippen LogP contribution in [0.4, 0.5) is 0 Å². The lowest BCUT2D eigenvalue weighted by atomic mass is 10.1. The number of para-hydroxylation sites is 1. The van der Waals surface area contributed by atoms with Gasteiger partial charge in [0.1, 0.15) is 5.75 Å². The standard InChI is InChI=1S/C13H15N3O3S/c1-20(18)10-4-2-3-8-7-9(5-6-19-11(8)10)12(17)16-13(14)15/h2-4,7H,5-6H2,1H3,(H4,14,15,16,17). The summed E-state index contributed by atoms with van der Waals surface area (Å²) in [6.45, 7) is 0.304. The molecule has 0 radical (unpaired) electrons. The van der Waals surface area contributed by atoms with Crippen molar-refractivity contribution in [1.29, 1.82) is 0 Å². The zero-order valence-electron chi connectivity index (χ0n) is 11.0. The van der Waals surface area contributed by atoms with Crippen LogP contribution in [-0.4, -0.2) is 28.9 Å². The maximum atomic E-state index is 11.9. The maximum absolute atomic E-state index is 11.9. The summed E-state index contributed by atoms with van der Waals surface area (Å²) >= 11 is 0. The Morgan fingerprint density at radius 2 is 2.15 bits per heavy atom. The Morgan fingerprint density at radius 3 is 2.80 bits per heavy atom. The molecule has 0 fully saturated rings. The Morgan fingerprint density at radius 1 is 1.40 bits per heavy atom. The van der Waals surface area contributed by atoms with Crippen LogP contribution in [0.2, 0.25) is 0 Å². The van der Waals surface area contributed by atoms with Crippen LogP contribution in [0.3, 0.4) is 0 Å². The number of ether oxygens (including phenoxy) is 1. The van der Waals surface area contributed by atoms with Gasteiger partial charge < -0.3 is 16.2 Å². The second-order valence-corrected chi connectivity index (χ2v) is 5.59. The van der Waals surface area contributed by atoms with E-state index in [1.165, 1.54) is 0 Å². The van der Waals surface area contributed by atoms with Crippen molar-refractivity contribution in [3.8, 4) is 5.75 Å². The van der Waals surface area contributed by atoms with E-state index in [0.717, 1.165) is 0 Å². The fourth-order valence-corrected chi connectivity index (χ4v) is 2.62. The van der Waals surface area contributed by atoms with Gasteiger partial charge >= 0.3 is 0 Å². The van der Waals surface area contributed by atoms with E-state index in [4.69, 9.17) is 16.2 Å². The summed E-state index contributed by atoms with van der Waals surface area (Å²) < 4.78 is 17.3. The molecule has 1 aromatic carbocycles. The predicted molar refractivity (Wildman–Crippen MR) is 77.7 cm³/mol. The Balaban J connectivity index is 2.46. The minimum absolute atomic E-state index is 0.273. The van der Waals surface area contributed by atoms with Gasteiger partial charge in [0.25, 0.3) is 5.91 Å². The largest absolute Gasteiger partial charge is 0.491 e. The molecular formula is C13H15N3O3S. The van der Waals surface area contributed by atoms with E-state index in [1.807, 2.05) is 0 Å². The van der Waals surface area contributed by atoms with Gasteiger partial charge in [0, 0.05) is 23.8 Å². The third-order valence-corrected chi connectivity index (χ3v) is 3.71. The van der Waals surface area contributed by atoms with Crippen molar-refractivity contribution in [2.24, 2.45) is 16.5 Å². The van der Waals surface area contributed by atoms with E-state index in [2.05, 4.69) is 4.99 Å². The number of carbonyl (C=O) groups excluding carboxylic acids is 1. The topological polar surface area (TPSA) is 108 Å². The first-order valence-electron chi connectivity index (χ1n) is 5.93. The average molecular weight is 293 g/mol. The lowest BCUT2D eigenvalue weighted by Gasteiger charge is -2.09. The van der Waals surface area contributed by atoms with Gasteiger partial charge in [-0.05, 0) is 12.1 Å². The molecule has 2 rings (SSSR count). The van der Waals surface area contributed by atoms with E-state index < -0.39 is 16.7 Å². The van der Waals surface area contributed by atoms with Gasteiger partial charge in [-0.15, -0.1) is 0 Å². The number of hydrogen-bond acceptors (Lipinski definition) is 3. The lowest BCUT2D eigenvalue weighted by molar-refractivity contribution is -0.114. The zero-order valence-corrected chi connectivity index (χ0v) is 11.8. The summed E-state index contributed by atoms with van der Waals surface area (Å²) in [5, 5.41) is 0. The summed E-state index contributed by atoms with van der Waals surface area (Å²) in [6.07, 6.45) is 3.65. The summed E-state index contributed by atoms with van der Waals surface area (Å²) in [6, 6.07) is 5.30. The number of guanidine groups is 1. The van der Waals surface area contributed by atoms with Gasteiger partial charge in [-0.3, -0.25) is 9.00 Å². The highest BCUT2D eigenvalue weighted by atomic mass is 32.2. The fraction of sp³-hybridized carbons (Fsp3) is 0.231. The van der Waals surface area contributed by atoms with Gasteiger partial charge in [0.05, 0.1) is 22.3 Å². The van der Waals surface area contributed by atoms with Crippen molar-refractivity contribution in [3.05, 3.63) is 29.3 Å². The SMILES string of the molecule is CS(=O)c1cccc2c1OCCC(C(=O)N=C(N)N)=C2. The first-order valence-corrected chi connectivity index (χ1v) is 7.48. The van der Waals surface area contributed by atoms with E-state index in [0.29, 0.717) is 34.8 Å². The molecule has 0 saturated heterocycles. The summed E-state index contributed by atoms with van der Waals surface area (Å²) in [5.41, 5.74) is 11.6. The van der Waals surface area contributed by atoms with Crippen LogP contribution in [0.15, 0.2) is 33.7 Å². The molecule has 1 heterocycles. The molecule has 0 spiro atoms. The van der Waals surface area contributed by atoms with Crippen molar-refractivity contribution < 1.29 is 13.7 Å². The predicted octanol–water partition coefficient (Wildman–Crippen LogP) is 0.390. The first-order chi connectivity index (χ1) is 9.49. The number of benzene rings is 1. The van der Waals surface area contributed by atoms with Crippen molar-refractivity contribution in [2.45, 2.75) is 11.3 Å². The second-order valence-electron chi connectivity index (χ2n) is 4.24. The molecule has 106 valence electrons. The first kappa shape index (κ1) is 14.3. The van der Waals surface area contributed by atoms with E-state index in [1.54, 1.807) is 30.5 Å². The van der Waals surface area contributed by atoms with E-state index in [9.17, 15) is 9.00 Å². The van der Waals surface area contributed by atoms with Crippen molar-refractivity contribution >= 4 is 28.7 Å². The molecule has 1 aromatic rings. The summed E-state index contributed by atoms with van der Waals surface area (Å²) in [5.74, 6) is -0.213. The van der Waals surface area contributed by atoms with E-state index >= 15 is 0 Å². The quantitative estimate of drug-likeness (QED) is 0.606.